The molecule has 0 aromatic heterocycles. The summed E-state index contributed by atoms with van der Waals surface area (Å²) in [7, 11) is 0. The van der Waals surface area contributed by atoms with Crippen LogP contribution in [0.25, 0.3) is 0 Å². The zero-order chi connectivity index (χ0) is 15.7. The summed E-state index contributed by atoms with van der Waals surface area (Å²) in [4.78, 5) is 11.7. The molecule has 4 heteroatoms. The van der Waals surface area contributed by atoms with Crippen LogP contribution >= 0.6 is 0 Å². The van der Waals surface area contributed by atoms with Crippen molar-refractivity contribution >= 4 is 5.91 Å². The SMILES string of the molecule is CCOc1ccc(CCNC(=O)C(C)CC)cc1OCC. The van der Waals surface area contributed by atoms with Gasteiger partial charge in [-0.2, -0.15) is 0 Å². The van der Waals surface area contributed by atoms with Crippen molar-refractivity contribution in [3.8, 4) is 11.5 Å². The van der Waals surface area contributed by atoms with Gasteiger partial charge in [-0.15, -0.1) is 0 Å². The lowest BCUT2D eigenvalue weighted by Crippen LogP contribution is -2.30. The van der Waals surface area contributed by atoms with Crippen LogP contribution in [0.1, 0.15) is 39.7 Å². The number of nitrogens with one attached hydrogen (secondary N) is 1. The molecule has 1 aromatic rings. The molecule has 0 aliphatic rings. The molecule has 1 N–H and O–H groups in total. The quantitative estimate of drug-likeness (QED) is 0.760. The number of amides is 1. The average molecular weight is 293 g/mol. The monoisotopic (exact) mass is 293 g/mol. The molecule has 0 fully saturated rings. The second-order valence-corrected chi connectivity index (χ2v) is 5.00. The molecule has 118 valence electrons. The van der Waals surface area contributed by atoms with Gasteiger partial charge in [-0.3, -0.25) is 4.79 Å². The van der Waals surface area contributed by atoms with Crippen molar-refractivity contribution in [2.45, 2.75) is 40.5 Å². The third-order valence-electron chi connectivity index (χ3n) is 3.38. The lowest BCUT2D eigenvalue weighted by molar-refractivity contribution is -0.124. The van der Waals surface area contributed by atoms with Crippen LogP contribution in [0.3, 0.4) is 0 Å². The molecule has 4 nitrogen and oxygen atoms in total. The van der Waals surface area contributed by atoms with Crippen molar-refractivity contribution in [3.05, 3.63) is 23.8 Å². The van der Waals surface area contributed by atoms with Crippen LogP contribution in [0, 0.1) is 5.92 Å². The molecule has 0 heterocycles. The minimum absolute atomic E-state index is 0.0734. The van der Waals surface area contributed by atoms with E-state index in [0.29, 0.717) is 19.8 Å². The molecule has 1 unspecified atom stereocenters. The van der Waals surface area contributed by atoms with E-state index in [-0.39, 0.29) is 11.8 Å². The van der Waals surface area contributed by atoms with Gasteiger partial charge in [0.15, 0.2) is 11.5 Å². The minimum Gasteiger partial charge on any atom is -0.490 e. The Bertz CT molecular complexity index is 446. The molecule has 1 rings (SSSR count). The highest BCUT2D eigenvalue weighted by Gasteiger charge is 2.10. The van der Waals surface area contributed by atoms with Gasteiger partial charge >= 0.3 is 0 Å². The third kappa shape index (κ3) is 5.66. The van der Waals surface area contributed by atoms with Gasteiger partial charge in [0.2, 0.25) is 5.91 Å². The maximum absolute atomic E-state index is 11.7. The Labute approximate surface area is 127 Å². The Morgan fingerprint density at radius 3 is 2.43 bits per heavy atom. The van der Waals surface area contributed by atoms with Crippen LogP contribution in [0.2, 0.25) is 0 Å². The summed E-state index contributed by atoms with van der Waals surface area (Å²) in [6, 6.07) is 5.94. The average Bonchev–Trinajstić information content (AvgIpc) is 2.49. The first-order valence-electron chi connectivity index (χ1n) is 7.78. The molecule has 0 radical (unpaired) electrons. The van der Waals surface area contributed by atoms with Gasteiger partial charge in [0.25, 0.3) is 0 Å². The summed E-state index contributed by atoms with van der Waals surface area (Å²) in [5.41, 5.74) is 1.13. The fourth-order valence-corrected chi connectivity index (χ4v) is 1.94. The third-order valence-corrected chi connectivity index (χ3v) is 3.38. The van der Waals surface area contributed by atoms with E-state index in [0.717, 1.165) is 29.9 Å². The van der Waals surface area contributed by atoms with Crippen LogP contribution in [0.5, 0.6) is 11.5 Å². The van der Waals surface area contributed by atoms with Crippen molar-refractivity contribution in [3.63, 3.8) is 0 Å². The number of rotatable bonds is 9. The Morgan fingerprint density at radius 1 is 1.14 bits per heavy atom. The first kappa shape index (κ1) is 17.3. The van der Waals surface area contributed by atoms with Crippen molar-refractivity contribution in [1.29, 1.82) is 0 Å². The van der Waals surface area contributed by atoms with E-state index in [1.54, 1.807) is 0 Å². The predicted molar refractivity (Wildman–Crippen MR) is 84.9 cm³/mol. The topological polar surface area (TPSA) is 47.6 Å². The fraction of sp³-hybridized carbons (Fsp3) is 0.588. The van der Waals surface area contributed by atoms with Crippen LogP contribution in [-0.4, -0.2) is 25.7 Å². The number of hydrogen-bond acceptors (Lipinski definition) is 3. The van der Waals surface area contributed by atoms with Crippen LogP contribution in [0.4, 0.5) is 0 Å². The van der Waals surface area contributed by atoms with Gasteiger partial charge in [-0.25, -0.2) is 0 Å². The highest BCUT2D eigenvalue weighted by atomic mass is 16.5. The summed E-state index contributed by atoms with van der Waals surface area (Å²) < 4.78 is 11.1. The molecule has 1 atom stereocenters. The van der Waals surface area contributed by atoms with Gasteiger partial charge < -0.3 is 14.8 Å². The second-order valence-electron chi connectivity index (χ2n) is 5.00. The molecule has 1 aromatic carbocycles. The van der Waals surface area contributed by atoms with E-state index in [9.17, 15) is 4.79 Å². The van der Waals surface area contributed by atoms with Crippen LogP contribution in [-0.2, 0) is 11.2 Å². The first-order valence-corrected chi connectivity index (χ1v) is 7.78. The smallest absolute Gasteiger partial charge is 0.222 e. The predicted octanol–water partition coefficient (Wildman–Crippen LogP) is 3.19. The van der Waals surface area contributed by atoms with Crippen molar-refractivity contribution in [2.24, 2.45) is 5.92 Å². The van der Waals surface area contributed by atoms with Gasteiger partial charge in [0, 0.05) is 12.5 Å². The number of ether oxygens (including phenoxy) is 2. The molecule has 0 aliphatic carbocycles. The van der Waals surface area contributed by atoms with E-state index in [2.05, 4.69) is 5.32 Å². The van der Waals surface area contributed by atoms with Crippen molar-refractivity contribution in [1.82, 2.24) is 5.32 Å². The normalized spacial score (nSPS) is 11.8. The number of benzene rings is 1. The summed E-state index contributed by atoms with van der Waals surface area (Å²) in [6.45, 7) is 9.73. The molecule has 21 heavy (non-hydrogen) atoms. The highest BCUT2D eigenvalue weighted by Crippen LogP contribution is 2.28. The Morgan fingerprint density at radius 2 is 1.81 bits per heavy atom. The Kier molecular flexibility index (Phi) is 7.65. The maximum atomic E-state index is 11.7. The molecule has 1 amide bonds. The number of hydrogen-bond donors (Lipinski definition) is 1. The summed E-state index contributed by atoms with van der Waals surface area (Å²) in [6.07, 6.45) is 1.65. The maximum Gasteiger partial charge on any atom is 0.222 e. The van der Waals surface area contributed by atoms with E-state index in [4.69, 9.17) is 9.47 Å². The molecule has 0 spiro atoms. The zero-order valence-corrected chi connectivity index (χ0v) is 13.6. The zero-order valence-electron chi connectivity index (χ0n) is 13.6. The van der Waals surface area contributed by atoms with Gasteiger partial charge in [-0.05, 0) is 44.4 Å². The van der Waals surface area contributed by atoms with Gasteiger partial charge in [0.05, 0.1) is 13.2 Å². The molecule has 0 bridgehead atoms. The van der Waals surface area contributed by atoms with Crippen molar-refractivity contribution < 1.29 is 14.3 Å². The summed E-state index contributed by atoms with van der Waals surface area (Å²) >= 11 is 0. The lowest BCUT2D eigenvalue weighted by atomic mass is 10.1. The highest BCUT2D eigenvalue weighted by molar-refractivity contribution is 5.78. The van der Waals surface area contributed by atoms with E-state index in [1.807, 2.05) is 45.9 Å². The largest absolute Gasteiger partial charge is 0.490 e. The molecule has 0 saturated carbocycles. The molecular formula is C17H27NO3. The summed E-state index contributed by atoms with van der Waals surface area (Å²) in [5, 5.41) is 2.96. The van der Waals surface area contributed by atoms with E-state index >= 15 is 0 Å². The Hall–Kier alpha value is -1.71. The number of carbonyl (C=O) groups excluding carboxylic acids is 1. The molecule has 0 aliphatic heterocycles. The van der Waals surface area contributed by atoms with Crippen molar-refractivity contribution in [2.75, 3.05) is 19.8 Å². The van der Waals surface area contributed by atoms with E-state index < -0.39 is 0 Å². The first-order chi connectivity index (χ1) is 10.1. The lowest BCUT2D eigenvalue weighted by Gasteiger charge is -2.13. The van der Waals surface area contributed by atoms with Crippen LogP contribution in [0.15, 0.2) is 18.2 Å². The van der Waals surface area contributed by atoms with Gasteiger partial charge in [-0.1, -0.05) is 19.9 Å². The molecular weight excluding hydrogens is 266 g/mol. The summed E-state index contributed by atoms with van der Waals surface area (Å²) in [5.74, 6) is 1.73. The Balaban J connectivity index is 2.59. The molecule has 0 saturated heterocycles. The van der Waals surface area contributed by atoms with E-state index in [1.165, 1.54) is 0 Å². The standard InChI is InChI=1S/C17H27NO3/c1-5-13(4)17(19)18-11-10-14-8-9-15(20-6-2)16(12-14)21-7-3/h8-9,12-13H,5-7,10-11H2,1-4H3,(H,18,19). The fourth-order valence-electron chi connectivity index (χ4n) is 1.94. The minimum atomic E-state index is 0.0734. The number of carbonyl (C=O) groups is 1. The second kappa shape index (κ2) is 9.27. The van der Waals surface area contributed by atoms with Gasteiger partial charge in [0.1, 0.15) is 0 Å². The van der Waals surface area contributed by atoms with Crippen LogP contribution < -0.4 is 14.8 Å².